The van der Waals surface area contributed by atoms with Crippen molar-refractivity contribution in [2.24, 2.45) is 5.41 Å². The molecule has 6 nitrogen and oxygen atoms in total. The number of aliphatic hydroxyl groups excluding tert-OH is 1. The first-order chi connectivity index (χ1) is 9.18. The molecule has 7 heteroatoms. The third-order valence-electron chi connectivity index (χ3n) is 2.92. The van der Waals surface area contributed by atoms with Gasteiger partial charge in [0.15, 0.2) is 0 Å². The Morgan fingerprint density at radius 2 is 2.00 bits per heavy atom. The second kappa shape index (κ2) is 6.34. The van der Waals surface area contributed by atoms with Crippen molar-refractivity contribution in [3.63, 3.8) is 0 Å². The fourth-order valence-corrected chi connectivity index (χ4v) is 2.85. The molecule has 0 aliphatic carbocycles. The number of carbonyl (C=O) groups is 1. The number of sulfonamides is 1. The van der Waals surface area contributed by atoms with E-state index >= 15 is 0 Å². The van der Waals surface area contributed by atoms with E-state index in [1.165, 1.54) is 18.2 Å². The van der Waals surface area contributed by atoms with Crippen LogP contribution in [0.4, 0.5) is 0 Å². The predicted octanol–water partition coefficient (Wildman–Crippen LogP) is 1.07. The molecule has 0 saturated heterocycles. The van der Waals surface area contributed by atoms with Crippen LogP contribution in [0.3, 0.4) is 0 Å². The van der Waals surface area contributed by atoms with Crippen LogP contribution in [0.2, 0.25) is 0 Å². The fraction of sp³-hybridized carbons (Fsp3) is 0.462. The summed E-state index contributed by atoms with van der Waals surface area (Å²) in [6, 6.07) is 5.17. The Morgan fingerprint density at radius 1 is 1.35 bits per heavy atom. The van der Waals surface area contributed by atoms with E-state index < -0.39 is 16.0 Å². The molecular weight excluding hydrogens is 282 g/mol. The summed E-state index contributed by atoms with van der Waals surface area (Å²) in [6.45, 7) is 3.80. The fourth-order valence-electron chi connectivity index (χ4n) is 1.56. The van der Waals surface area contributed by atoms with Crippen molar-refractivity contribution in [1.29, 1.82) is 0 Å². The summed E-state index contributed by atoms with van der Waals surface area (Å²) in [5.74, 6) is -1.18. The van der Waals surface area contributed by atoms with E-state index in [0.717, 1.165) is 6.07 Å². The summed E-state index contributed by atoms with van der Waals surface area (Å²) < 4.78 is 26.6. The van der Waals surface area contributed by atoms with Crippen molar-refractivity contribution in [2.45, 2.75) is 25.2 Å². The number of hydrogen-bond acceptors (Lipinski definition) is 4. The van der Waals surface area contributed by atoms with Crippen molar-refractivity contribution in [2.75, 3.05) is 13.2 Å². The number of benzene rings is 1. The maximum Gasteiger partial charge on any atom is 0.335 e. The summed E-state index contributed by atoms with van der Waals surface area (Å²) in [6.07, 6.45) is 0.463. The highest BCUT2D eigenvalue weighted by molar-refractivity contribution is 7.89. The predicted molar refractivity (Wildman–Crippen MR) is 74.1 cm³/mol. The Labute approximate surface area is 118 Å². The van der Waals surface area contributed by atoms with Crippen LogP contribution >= 0.6 is 0 Å². The number of aromatic carboxylic acids is 1. The van der Waals surface area contributed by atoms with E-state index in [1.807, 2.05) is 13.8 Å². The van der Waals surface area contributed by atoms with Crippen LogP contribution in [0, 0.1) is 5.41 Å². The van der Waals surface area contributed by atoms with E-state index in [2.05, 4.69) is 4.72 Å². The number of nitrogens with one attached hydrogen (secondary N) is 1. The summed E-state index contributed by atoms with van der Waals surface area (Å²) in [5, 5.41) is 17.8. The largest absolute Gasteiger partial charge is 0.478 e. The van der Waals surface area contributed by atoms with Gasteiger partial charge in [-0.2, -0.15) is 0 Å². The SMILES string of the molecule is CC(C)(CCO)CNS(=O)(=O)c1cccc(C(=O)O)c1. The van der Waals surface area contributed by atoms with Crippen LogP contribution in [-0.2, 0) is 10.0 Å². The van der Waals surface area contributed by atoms with Crippen LogP contribution in [0.25, 0.3) is 0 Å². The van der Waals surface area contributed by atoms with E-state index in [1.54, 1.807) is 0 Å². The second-order valence-corrected chi connectivity index (χ2v) is 7.06. The van der Waals surface area contributed by atoms with Crippen LogP contribution < -0.4 is 4.72 Å². The highest BCUT2D eigenvalue weighted by atomic mass is 32.2. The molecular formula is C13H19NO5S. The van der Waals surface area contributed by atoms with Crippen LogP contribution in [0.15, 0.2) is 29.2 Å². The average molecular weight is 301 g/mol. The Hall–Kier alpha value is -1.44. The molecule has 0 atom stereocenters. The molecule has 0 aromatic heterocycles. The van der Waals surface area contributed by atoms with E-state index in [9.17, 15) is 13.2 Å². The third kappa shape index (κ3) is 4.59. The first-order valence-electron chi connectivity index (χ1n) is 6.12. The van der Waals surface area contributed by atoms with Gasteiger partial charge in [-0.05, 0) is 30.0 Å². The van der Waals surface area contributed by atoms with Gasteiger partial charge in [0, 0.05) is 13.2 Å². The standard InChI is InChI=1S/C13H19NO5S/c1-13(2,6-7-15)9-14-20(18,19)11-5-3-4-10(8-11)12(16)17/h3-5,8,14-15H,6-7,9H2,1-2H3,(H,16,17). The first-order valence-corrected chi connectivity index (χ1v) is 7.60. The highest BCUT2D eigenvalue weighted by Gasteiger charge is 2.22. The van der Waals surface area contributed by atoms with Gasteiger partial charge in [-0.3, -0.25) is 0 Å². The molecule has 112 valence electrons. The van der Waals surface area contributed by atoms with Crippen molar-refractivity contribution in [3.8, 4) is 0 Å². The molecule has 1 aromatic carbocycles. The molecule has 0 bridgehead atoms. The molecule has 1 rings (SSSR count). The molecule has 0 aliphatic rings. The molecule has 0 aliphatic heterocycles. The maximum atomic E-state index is 12.1. The second-order valence-electron chi connectivity index (χ2n) is 5.30. The Kier molecular flexibility index (Phi) is 5.27. The zero-order chi connectivity index (χ0) is 15.4. The smallest absolute Gasteiger partial charge is 0.335 e. The molecule has 0 fully saturated rings. The van der Waals surface area contributed by atoms with Crippen LogP contribution in [0.1, 0.15) is 30.6 Å². The minimum absolute atomic E-state index is 0.0246. The number of rotatable bonds is 7. The lowest BCUT2D eigenvalue weighted by Crippen LogP contribution is -2.34. The monoisotopic (exact) mass is 301 g/mol. The molecule has 0 spiro atoms. The highest BCUT2D eigenvalue weighted by Crippen LogP contribution is 2.20. The number of aliphatic hydroxyl groups is 1. The first kappa shape index (κ1) is 16.6. The van der Waals surface area contributed by atoms with Crippen molar-refractivity contribution >= 4 is 16.0 Å². The molecule has 3 N–H and O–H groups in total. The van der Waals surface area contributed by atoms with Gasteiger partial charge in [-0.15, -0.1) is 0 Å². The van der Waals surface area contributed by atoms with Gasteiger partial charge in [0.1, 0.15) is 0 Å². The van der Waals surface area contributed by atoms with Crippen molar-refractivity contribution in [3.05, 3.63) is 29.8 Å². The van der Waals surface area contributed by atoms with Gasteiger partial charge in [0.25, 0.3) is 0 Å². The quantitative estimate of drug-likeness (QED) is 0.699. The normalized spacial score (nSPS) is 12.3. The average Bonchev–Trinajstić information content (AvgIpc) is 2.37. The Balaban J connectivity index is 2.89. The lowest BCUT2D eigenvalue weighted by atomic mass is 9.90. The van der Waals surface area contributed by atoms with Crippen LogP contribution in [-0.4, -0.2) is 37.8 Å². The molecule has 0 amide bonds. The van der Waals surface area contributed by atoms with E-state index in [-0.39, 0.29) is 29.0 Å². The molecule has 0 radical (unpaired) electrons. The van der Waals surface area contributed by atoms with Crippen LogP contribution in [0.5, 0.6) is 0 Å². The summed E-state index contributed by atoms with van der Waals surface area (Å²) in [4.78, 5) is 10.8. The van der Waals surface area contributed by atoms with Gasteiger partial charge in [0.05, 0.1) is 10.5 Å². The van der Waals surface area contributed by atoms with Gasteiger partial charge >= 0.3 is 5.97 Å². The zero-order valence-corrected chi connectivity index (χ0v) is 12.3. The lowest BCUT2D eigenvalue weighted by Gasteiger charge is -2.23. The number of carboxylic acids is 1. The van der Waals surface area contributed by atoms with Crippen molar-refractivity contribution < 1.29 is 23.4 Å². The number of hydrogen-bond donors (Lipinski definition) is 3. The third-order valence-corrected chi connectivity index (χ3v) is 4.32. The molecule has 0 unspecified atom stereocenters. The summed E-state index contributed by atoms with van der Waals surface area (Å²) in [5.41, 5.74) is -0.464. The zero-order valence-electron chi connectivity index (χ0n) is 11.5. The Bertz CT molecular complexity index is 580. The summed E-state index contributed by atoms with van der Waals surface area (Å²) >= 11 is 0. The molecule has 0 heterocycles. The van der Waals surface area contributed by atoms with E-state index in [0.29, 0.717) is 6.42 Å². The summed E-state index contributed by atoms with van der Waals surface area (Å²) in [7, 11) is -3.76. The molecule has 20 heavy (non-hydrogen) atoms. The maximum absolute atomic E-state index is 12.1. The van der Waals surface area contributed by atoms with Gasteiger partial charge in [-0.25, -0.2) is 17.9 Å². The van der Waals surface area contributed by atoms with Crippen molar-refractivity contribution in [1.82, 2.24) is 4.72 Å². The molecule has 0 saturated carbocycles. The number of carboxylic acid groups (broad SMARTS) is 1. The Morgan fingerprint density at radius 3 is 2.55 bits per heavy atom. The van der Waals surface area contributed by atoms with E-state index in [4.69, 9.17) is 10.2 Å². The van der Waals surface area contributed by atoms with Gasteiger partial charge < -0.3 is 10.2 Å². The minimum Gasteiger partial charge on any atom is -0.478 e. The molecule has 1 aromatic rings. The van der Waals surface area contributed by atoms with Gasteiger partial charge in [0.2, 0.25) is 10.0 Å². The lowest BCUT2D eigenvalue weighted by molar-refractivity contribution is 0.0696. The van der Waals surface area contributed by atoms with Gasteiger partial charge in [-0.1, -0.05) is 19.9 Å². The minimum atomic E-state index is -3.76. The topological polar surface area (TPSA) is 104 Å².